The van der Waals surface area contributed by atoms with Crippen LogP contribution < -0.4 is 10.5 Å². The number of hydrogen-bond donors (Lipinski definition) is 2. The van der Waals surface area contributed by atoms with Gasteiger partial charge in [-0.2, -0.15) is 17.4 Å². The van der Waals surface area contributed by atoms with Gasteiger partial charge in [-0.25, -0.2) is 0 Å². The van der Waals surface area contributed by atoms with Gasteiger partial charge < -0.3 is 5.73 Å². The first-order chi connectivity index (χ1) is 8.13. The van der Waals surface area contributed by atoms with E-state index in [-0.39, 0.29) is 12.1 Å². The minimum Gasteiger partial charge on any atom is -0.329 e. The van der Waals surface area contributed by atoms with E-state index in [0.717, 1.165) is 38.5 Å². The van der Waals surface area contributed by atoms with Crippen molar-refractivity contribution >= 4 is 10.2 Å². The average Bonchev–Trinajstić information content (AvgIpc) is 3.10. The zero-order valence-corrected chi connectivity index (χ0v) is 11.1. The van der Waals surface area contributed by atoms with Gasteiger partial charge in [-0.05, 0) is 25.7 Å². The van der Waals surface area contributed by atoms with Crippen LogP contribution in [0.4, 0.5) is 0 Å². The van der Waals surface area contributed by atoms with Crippen LogP contribution in [0.1, 0.15) is 44.9 Å². The summed E-state index contributed by atoms with van der Waals surface area (Å²) in [5, 5.41) is 0. The van der Waals surface area contributed by atoms with Crippen LogP contribution >= 0.6 is 0 Å². The Morgan fingerprint density at radius 3 is 2.29 bits per heavy atom. The van der Waals surface area contributed by atoms with E-state index in [1.807, 2.05) is 0 Å². The maximum absolute atomic E-state index is 12.2. The molecule has 2 fully saturated rings. The van der Waals surface area contributed by atoms with Crippen molar-refractivity contribution in [2.45, 2.75) is 57.0 Å². The highest BCUT2D eigenvalue weighted by molar-refractivity contribution is 7.87. The van der Waals surface area contributed by atoms with Crippen LogP contribution in [0, 0.1) is 0 Å². The van der Waals surface area contributed by atoms with Crippen molar-refractivity contribution in [3.8, 4) is 0 Å². The Labute approximate surface area is 104 Å². The van der Waals surface area contributed by atoms with Crippen molar-refractivity contribution in [3.63, 3.8) is 0 Å². The van der Waals surface area contributed by atoms with Crippen LogP contribution in [0.25, 0.3) is 0 Å². The number of hydrogen-bond acceptors (Lipinski definition) is 3. The molecule has 0 aromatic carbocycles. The van der Waals surface area contributed by atoms with E-state index in [4.69, 9.17) is 5.73 Å². The first-order valence-corrected chi connectivity index (χ1v) is 8.06. The van der Waals surface area contributed by atoms with Crippen LogP contribution in [-0.4, -0.2) is 37.9 Å². The summed E-state index contributed by atoms with van der Waals surface area (Å²) < 4.78 is 28.8. The smallest absolute Gasteiger partial charge is 0.279 e. The summed E-state index contributed by atoms with van der Waals surface area (Å²) in [6, 6.07) is 0.326. The van der Waals surface area contributed by atoms with Crippen molar-refractivity contribution < 1.29 is 8.42 Å². The summed E-state index contributed by atoms with van der Waals surface area (Å²) in [6.07, 6.45) is 7.39. The molecular weight excluding hydrogens is 238 g/mol. The molecule has 0 aromatic rings. The second kappa shape index (κ2) is 5.65. The van der Waals surface area contributed by atoms with E-state index >= 15 is 0 Å². The molecule has 0 atom stereocenters. The Morgan fingerprint density at radius 2 is 1.76 bits per heavy atom. The van der Waals surface area contributed by atoms with Crippen LogP contribution in [0.3, 0.4) is 0 Å². The number of nitrogens with zero attached hydrogens (tertiary/aromatic N) is 1. The summed E-state index contributed by atoms with van der Waals surface area (Å²) in [7, 11) is -3.32. The SMILES string of the molecule is NCCN(C1CCCCC1)S(=O)(=O)NC1CC1. The van der Waals surface area contributed by atoms with Gasteiger partial charge in [0, 0.05) is 25.2 Å². The monoisotopic (exact) mass is 261 g/mol. The minimum atomic E-state index is -3.32. The first-order valence-electron chi connectivity index (χ1n) is 6.62. The Kier molecular flexibility index (Phi) is 4.41. The molecular formula is C11H23N3O2S. The quantitative estimate of drug-likeness (QED) is 0.734. The Morgan fingerprint density at radius 1 is 1.12 bits per heavy atom. The predicted molar refractivity (Wildman–Crippen MR) is 67.7 cm³/mol. The summed E-state index contributed by atoms with van der Waals surface area (Å²) in [4.78, 5) is 0. The fourth-order valence-electron chi connectivity index (χ4n) is 2.47. The number of nitrogens with two attached hydrogens (primary N) is 1. The lowest BCUT2D eigenvalue weighted by molar-refractivity contribution is 0.254. The van der Waals surface area contributed by atoms with Crippen LogP contribution in [0.2, 0.25) is 0 Å². The number of nitrogens with one attached hydrogen (secondary N) is 1. The molecule has 2 aliphatic carbocycles. The van der Waals surface area contributed by atoms with Gasteiger partial charge in [0.15, 0.2) is 0 Å². The lowest BCUT2D eigenvalue weighted by atomic mass is 9.95. The molecule has 2 saturated carbocycles. The highest BCUT2D eigenvalue weighted by atomic mass is 32.2. The van der Waals surface area contributed by atoms with E-state index in [9.17, 15) is 8.42 Å². The van der Waals surface area contributed by atoms with Gasteiger partial charge in [0.2, 0.25) is 0 Å². The molecule has 5 nitrogen and oxygen atoms in total. The highest BCUT2D eigenvalue weighted by Crippen LogP contribution is 2.26. The van der Waals surface area contributed by atoms with Gasteiger partial charge in [0.1, 0.15) is 0 Å². The van der Waals surface area contributed by atoms with Gasteiger partial charge in [-0.15, -0.1) is 0 Å². The van der Waals surface area contributed by atoms with Crippen molar-refractivity contribution in [3.05, 3.63) is 0 Å². The third-order valence-electron chi connectivity index (χ3n) is 3.53. The standard InChI is InChI=1S/C11H23N3O2S/c12-8-9-14(11-4-2-1-3-5-11)17(15,16)13-10-6-7-10/h10-11,13H,1-9,12H2. The first kappa shape index (κ1) is 13.3. The fraction of sp³-hybridized carbons (Fsp3) is 1.00. The highest BCUT2D eigenvalue weighted by Gasteiger charge is 2.34. The predicted octanol–water partition coefficient (Wildman–Crippen LogP) is 0.577. The summed E-state index contributed by atoms with van der Waals surface area (Å²) >= 11 is 0. The summed E-state index contributed by atoms with van der Waals surface area (Å²) in [6.45, 7) is 0.828. The molecule has 0 aromatic heterocycles. The van der Waals surface area contributed by atoms with Crippen molar-refractivity contribution in [1.82, 2.24) is 9.03 Å². The van der Waals surface area contributed by atoms with Crippen LogP contribution in [-0.2, 0) is 10.2 Å². The Bertz CT molecular complexity index is 335. The molecule has 0 unspecified atom stereocenters. The molecule has 0 radical (unpaired) electrons. The number of rotatable bonds is 6. The van der Waals surface area contributed by atoms with E-state index in [1.165, 1.54) is 6.42 Å². The molecule has 17 heavy (non-hydrogen) atoms. The zero-order valence-electron chi connectivity index (χ0n) is 10.3. The van der Waals surface area contributed by atoms with Gasteiger partial charge >= 0.3 is 0 Å². The molecule has 2 aliphatic rings. The van der Waals surface area contributed by atoms with E-state index < -0.39 is 10.2 Å². The normalized spacial score (nSPS) is 23.2. The maximum atomic E-state index is 12.2. The van der Waals surface area contributed by atoms with Gasteiger partial charge in [-0.1, -0.05) is 19.3 Å². The summed E-state index contributed by atoms with van der Waals surface area (Å²) in [5.41, 5.74) is 5.55. The molecule has 100 valence electrons. The van der Waals surface area contributed by atoms with Crippen molar-refractivity contribution in [2.24, 2.45) is 5.73 Å². The maximum Gasteiger partial charge on any atom is 0.279 e. The van der Waals surface area contributed by atoms with E-state index in [2.05, 4.69) is 4.72 Å². The Hall–Kier alpha value is -0.170. The molecule has 0 aliphatic heterocycles. The average molecular weight is 261 g/mol. The largest absolute Gasteiger partial charge is 0.329 e. The lowest BCUT2D eigenvalue weighted by Gasteiger charge is -2.33. The van der Waals surface area contributed by atoms with Crippen molar-refractivity contribution in [1.29, 1.82) is 0 Å². The third kappa shape index (κ3) is 3.64. The molecule has 0 saturated heterocycles. The molecule has 2 rings (SSSR count). The Balaban J connectivity index is 2.03. The van der Waals surface area contributed by atoms with Crippen molar-refractivity contribution in [2.75, 3.05) is 13.1 Å². The summed E-state index contributed by atoms with van der Waals surface area (Å²) in [5.74, 6) is 0. The molecule has 6 heteroatoms. The molecule has 0 amide bonds. The van der Waals surface area contributed by atoms with Gasteiger partial charge in [-0.3, -0.25) is 0 Å². The van der Waals surface area contributed by atoms with Crippen LogP contribution in [0.15, 0.2) is 0 Å². The minimum absolute atomic E-state index is 0.156. The lowest BCUT2D eigenvalue weighted by Crippen LogP contribution is -2.49. The second-order valence-electron chi connectivity index (χ2n) is 5.09. The molecule has 0 spiro atoms. The topological polar surface area (TPSA) is 75.4 Å². The van der Waals surface area contributed by atoms with Gasteiger partial charge in [0.25, 0.3) is 10.2 Å². The van der Waals surface area contributed by atoms with Crippen LogP contribution in [0.5, 0.6) is 0 Å². The fourth-order valence-corrected chi connectivity index (χ4v) is 4.22. The molecule has 3 N–H and O–H groups in total. The van der Waals surface area contributed by atoms with E-state index in [1.54, 1.807) is 4.31 Å². The van der Waals surface area contributed by atoms with Gasteiger partial charge in [0.05, 0.1) is 0 Å². The second-order valence-corrected chi connectivity index (χ2v) is 6.74. The molecule has 0 bridgehead atoms. The third-order valence-corrected chi connectivity index (χ3v) is 5.26. The zero-order chi connectivity index (χ0) is 12.3. The molecule has 0 heterocycles. The van der Waals surface area contributed by atoms with E-state index in [0.29, 0.717) is 13.1 Å².